The fourth-order valence-corrected chi connectivity index (χ4v) is 3.97. The third-order valence-electron chi connectivity index (χ3n) is 5.74. The zero-order valence-corrected chi connectivity index (χ0v) is 19.8. The summed E-state index contributed by atoms with van der Waals surface area (Å²) >= 11 is 0. The molecule has 3 aromatic carbocycles. The van der Waals surface area contributed by atoms with Gasteiger partial charge in [0, 0.05) is 41.5 Å². The van der Waals surface area contributed by atoms with Gasteiger partial charge in [0.15, 0.2) is 0 Å². The molecule has 1 amide bonds. The molecule has 0 unspecified atom stereocenters. The smallest absolute Gasteiger partial charge is 0.338 e. The lowest BCUT2D eigenvalue weighted by Crippen LogP contribution is -2.12. The van der Waals surface area contributed by atoms with Crippen LogP contribution in [0, 0.1) is 10.1 Å². The number of carboxylic acids is 1. The number of non-ortho nitro benzene ring substituents is 1. The van der Waals surface area contributed by atoms with Crippen molar-refractivity contribution in [3.05, 3.63) is 99.7 Å². The number of nitro groups is 1. The van der Waals surface area contributed by atoms with Crippen LogP contribution < -0.4 is 5.32 Å². The topological polar surface area (TPSA) is 141 Å². The van der Waals surface area contributed by atoms with Crippen LogP contribution in [0.3, 0.4) is 0 Å². The zero-order chi connectivity index (χ0) is 26.5. The van der Waals surface area contributed by atoms with Crippen LogP contribution in [0.15, 0.2) is 72.9 Å². The summed E-state index contributed by atoms with van der Waals surface area (Å²) in [6.07, 6.45) is 1.90. The number of amides is 1. The van der Waals surface area contributed by atoms with E-state index in [0.29, 0.717) is 39.8 Å². The highest BCUT2D eigenvalue weighted by molar-refractivity contribution is 6.06. The molecule has 0 atom stereocenters. The van der Waals surface area contributed by atoms with Gasteiger partial charge in [-0.25, -0.2) is 9.59 Å². The Bertz CT molecular complexity index is 1510. The van der Waals surface area contributed by atoms with E-state index in [9.17, 15) is 29.6 Å². The van der Waals surface area contributed by atoms with Crippen molar-refractivity contribution in [3.8, 4) is 5.69 Å². The number of nitrogens with zero attached hydrogens (tertiary/aromatic N) is 2. The van der Waals surface area contributed by atoms with Crippen molar-refractivity contribution in [2.45, 2.75) is 19.8 Å². The zero-order valence-electron chi connectivity index (χ0n) is 19.8. The van der Waals surface area contributed by atoms with Crippen molar-refractivity contribution in [2.75, 3.05) is 11.9 Å². The van der Waals surface area contributed by atoms with E-state index < -0.39 is 16.9 Å². The summed E-state index contributed by atoms with van der Waals surface area (Å²) in [5.41, 5.74) is 2.75. The highest BCUT2D eigenvalue weighted by Gasteiger charge is 2.17. The average molecular weight is 501 g/mol. The second kappa shape index (κ2) is 10.7. The van der Waals surface area contributed by atoms with Gasteiger partial charge in [-0.05, 0) is 61.4 Å². The Hall–Kier alpha value is -4.99. The highest BCUT2D eigenvalue weighted by Crippen LogP contribution is 2.28. The molecule has 2 N–H and O–H groups in total. The molecule has 0 saturated heterocycles. The number of aromatic carboxylic acids is 1. The maximum absolute atomic E-state index is 12.5. The molecule has 1 heterocycles. The number of nitrogens with one attached hydrogen (secondary N) is 1. The van der Waals surface area contributed by atoms with Gasteiger partial charge >= 0.3 is 11.9 Å². The fourth-order valence-electron chi connectivity index (χ4n) is 3.97. The molecule has 0 spiro atoms. The van der Waals surface area contributed by atoms with Gasteiger partial charge in [0.05, 0.1) is 28.2 Å². The number of rotatable bonds is 9. The molecule has 188 valence electrons. The number of hydrogen-bond acceptors (Lipinski definition) is 6. The monoisotopic (exact) mass is 501 g/mol. The van der Waals surface area contributed by atoms with Gasteiger partial charge < -0.3 is 19.7 Å². The predicted molar refractivity (Wildman–Crippen MR) is 136 cm³/mol. The Kier molecular flexibility index (Phi) is 7.28. The van der Waals surface area contributed by atoms with Crippen molar-refractivity contribution < 1.29 is 29.2 Å². The first kappa shape index (κ1) is 25.1. The molecular weight excluding hydrogens is 478 g/mol. The Morgan fingerprint density at radius 2 is 1.81 bits per heavy atom. The summed E-state index contributed by atoms with van der Waals surface area (Å²) in [5, 5.41) is 23.9. The summed E-state index contributed by atoms with van der Waals surface area (Å²) in [6, 6.07) is 17.7. The molecule has 10 nitrogen and oxygen atoms in total. The van der Waals surface area contributed by atoms with Crippen LogP contribution in [-0.4, -0.2) is 39.0 Å². The summed E-state index contributed by atoms with van der Waals surface area (Å²) in [6.45, 7) is 1.98. The fraction of sp³-hybridized carbons (Fsp3) is 0.148. The number of ether oxygens (including phenoxy) is 1. The normalized spacial score (nSPS) is 10.7. The van der Waals surface area contributed by atoms with Gasteiger partial charge in [-0.1, -0.05) is 12.1 Å². The SMILES string of the molecule is CCOC(=O)c1ccc(-n2cc(C(=O)O)c3cc(NC(=O)CCc4cccc([N+](=O)[O-])c4)ccc32)cc1. The summed E-state index contributed by atoms with van der Waals surface area (Å²) in [5.74, 6) is -1.87. The van der Waals surface area contributed by atoms with Crippen LogP contribution >= 0.6 is 0 Å². The lowest BCUT2D eigenvalue weighted by atomic mass is 10.1. The molecule has 10 heteroatoms. The summed E-state index contributed by atoms with van der Waals surface area (Å²) < 4.78 is 6.69. The van der Waals surface area contributed by atoms with Crippen LogP contribution in [-0.2, 0) is 16.0 Å². The third-order valence-corrected chi connectivity index (χ3v) is 5.74. The largest absolute Gasteiger partial charge is 0.478 e. The molecule has 1 aromatic heterocycles. The average Bonchev–Trinajstić information content (AvgIpc) is 3.27. The first-order valence-corrected chi connectivity index (χ1v) is 11.5. The van der Waals surface area contributed by atoms with E-state index in [-0.39, 0.29) is 30.2 Å². The Morgan fingerprint density at radius 1 is 1.05 bits per heavy atom. The Balaban J connectivity index is 1.54. The highest BCUT2D eigenvalue weighted by atomic mass is 16.6. The van der Waals surface area contributed by atoms with Crippen molar-refractivity contribution >= 4 is 40.1 Å². The van der Waals surface area contributed by atoms with Crippen molar-refractivity contribution in [1.82, 2.24) is 4.57 Å². The summed E-state index contributed by atoms with van der Waals surface area (Å²) in [4.78, 5) is 46.8. The number of carbonyl (C=O) groups excluding carboxylic acids is 2. The first-order chi connectivity index (χ1) is 17.8. The number of benzene rings is 3. The summed E-state index contributed by atoms with van der Waals surface area (Å²) in [7, 11) is 0. The Labute approximate surface area is 211 Å². The minimum Gasteiger partial charge on any atom is -0.478 e. The number of fused-ring (bicyclic) bond motifs is 1. The van der Waals surface area contributed by atoms with E-state index in [2.05, 4.69) is 5.32 Å². The van der Waals surface area contributed by atoms with E-state index in [1.54, 1.807) is 66.1 Å². The van der Waals surface area contributed by atoms with Crippen LogP contribution in [0.2, 0.25) is 0 Å². The quantitative estimate of drug-likeness (QED) is 0.187. The first-order valence-electron chi connectivity index (χ1n) is 11.5. The number of nitro benzene ring substituents is 1. The standard InChI is InChI=1S/C27H23N3O7/c1-2-37-27(34)18-7-10-20(11-8-18)29-16-23(26(32)33)22-15-19(9-12-24(22)29)28-25(31)13-6-17-4-3-5-21(14-17)30(35)36/h3-5,7-12,14-16H,2,6,13H2,1H3,(H,28,31)(H,32,33). The van der Waals surface area contributed by atoms with E-state index in [1.807, 2.05) is 0 Å². The number of hydrogen-bond donors (Lipinski definition) is 2. The van der Waals surface area contributed by atoms with Crippen LogP contribution in [0.5, 0.6) is 0 Å². The molecule has 0 radical (unpaired) electrons. The molecule has 0 bridgehead atoms. The number of carbonyl (C=O) groups is 3. The molecule has 0 saturated carbocycles. The van der Waals surface area contributed by atoms with Gasteiger partial charge in [-0.15, -0.1) is 0 Å². The van der Waals surface area contributed by atoms with Crippen molar-refractivity contribution in [2.24, 2.45) is 0 Å². The minimum absolute atomic E-state index is 0.0374. The van der Waals surface area contributed by atoms with Crippen LogP contribution in [0.4, 0.5) is 11.4 Å². The number of esters is 1. The molecule has 0 aliphatic heterocycles. The van der Waals surface area contributed by atoms with Crippen LogP contribution in [0.1, 0.15) is 39.6 Å². The number of anilines is 1. The van der Waals surface area contributed by atoms with E-state index >= 15 is 0 Å². The molecule has 0 aliphatic rings. The van der Waals surface area contributed by atoms with Crippen molar-refractivity contribution in [1.29, 1.82) is 0 Å². The van der Waals surface area contributed by atoms with Gasteiger partial charge in [0.25, 0.3) is 5.69 Å². The number of aryl methyl sites for hydroxylation is 1. The lowest BCUT2D eigenvalue weighted by molar-refractivity contribution is -0.384. The minimum atomic E-state index is -1.12. The number of carboxylic acid groups (broad SMARTS) is 1. The molecule has 0 aliphatic carbocycles. The lowest BCUT2D eigenvalue weighted by Gasteiger charge is -2.09. The molecule has 0 fully saturated rings. The maximum atomic E-state index is 12.5. The third kappa shape index (κ3) is 5.64. The second-order valence-corrected chi connectivity index (χ2v) is 8.19. The Morgan fingerprint density at radius 3 is 2.49 bits per heavy atom. The molecule has 4 aromatic rings. The van der Waals surface area contributed by atoms with E-state index in [1.165, 1.54) is 18.3 Å². The molecule has 37 heavy (non-hydrogen) atoms. The van der Waals surface area contributed by atoms with Crippen LogP contribution in [0.25, 0.3) is 16.6 Å². The number of aromatic nitrogens is 1. The van der Waals surface area contributed by atoms with Crippen molar-refractivity contribution in [3.63, 3.8) is 0 Å². The van der Waals surface area contributed by atoms with Gasteiger partial charge in [0.2, 0.25) is 5.91 Å². The van der Waals surface area contributed by atoms with Gasteiger partial charge in [-0.2, -0.15) is 0 Å². The maximum Gasteiger partial charge on any atom is 0.338 e. The molecule has 4 rings (SSSR count). The van der Waals surface area contributed by atoms with E-state index in [0.717, 1.165) is 0 Å². The van der Waals surface area contributed by atoms with Gasteiger partial charge in [0.1, 0.15) is 0 Å². The molecular formula is C27H23N3O7. The van der Waals surface area contributed by atoms with E-state index in [4.69, 9.17) is 4.74 Å². The second-order valence-electron chi connectivity index (χ2n) is 8.19. The van der Waals surface area contributed by atoms with Gasteiger partial charge in [-0.3, -0.25) is 14.9 Å². The predicted octanol–water partition coefficient (Wildman–Crippen LogP) is 4.98.